The van der Waals surface area contributed by atoms with E-state index in [9.17, 15) is 4.79 Å². The van der Waals surface area contributed by atoms with Crippen molar-refractivity contribution in [1.82, 2.24) is 10.6 Å². The Balaban J connectivity index is 1.49. The molecule has 1 heterocycles. The number of methoxy groups -OCH3 is 1. The molecule has 1 aliphatic heterocycles. The van der Waals surface area contributed by atoms with Crippen molar-refractivity contribution in [2.75, 3.05) is 26.1 Å². The maximum absolute atomic E-state index is 12.2. The first-order valence-electron chi connectivity index (χ1n) is 9.77. The van der Waals surface area contributed by atoms with Crippen molar-refractivity contribution >= 4 is 17.6 Å². The highest BCUT2D eigenvalue weighted by atomic mass is 16.5. The van der Waals surface area contributed by atoms with E-state index >= 15 is 0 Å². The second-order valence-electron chi connectivity index (χ2n) is 6.82. The Morgan fingerprint density at radius 2 is 1.90 bits per heavy atom. The summed E-state index contributed by atoms with van der Waals surface area (Å²) in [4.78, 5) is 16.5. The average molecular weight is 396 g/mol. The quantitative estimate of drug-likeness (QED) is 0.495. The lowest BCUT2D eigenvalue weighted by Crippen LogP contribution is -2.36. The van der Waals surface area contributed by atoms with Crippen molar-refractivity contribution < 1.29 is 14.3 Å². The molecular formula is C22H28N4O3. The van der Waals surface area contributed by atoms with Gasteiger partial charge in [-0.15, -0.1) is 0 Å². The molecule has 1 saturated heterocycles. The number of amides is 1. The van der Waals surface area contributed by atoms with Gasteiger partial charge in [-0.3, -0.25) is 9.79 Å². The van der Waals surface area contributed by atoms with Gasteiger partial charge in [-0.1, -0.05) is 24.3 Å². The number of carbonyl (C=O) groups is 1. The first-order chi connectivity index (χ1) is 14.2. The molecule has 3 rings (SSSR count). The number of anilines is 1. The molecule has 1 amide bonds. The van der Waals surface area contributed by atoms with Crippen LogP contribution in [0, 0.1) is 0 Å². The van der Waals surface area contributed by atoms with Gasteiger partial charge in [0.05, 0.1) is 7.11 Å². The molecule has 1 atom stereocenters. The lowest BCUT2D eigenvalue weighted by Gasteiger charge is -2.14. The van der Waals surface area contributed by atoms with Crippen LogP contribution in [0.15, 0.2) is 53.5 Å². The van der Waals surface area contributed by atoms with Gasteiger partial charge < -0.3 is 25.4 Å². The molecule has 3 N–H and O–H groups in total. The summed E-state index contributed by atoms with van der Waals surface area (Å²) in [5.41, 5.74) is 2.95. The highest BCUT2D eigenvalue weighted by Crippen LogP contribution is 2.16. The van der Waals surface area contributed by atoms with Crippen LogP contribution in [0.5, 0.6) is 5.75 Å². The lowest BCUT2D eigenvalue weighted by atomic mass is 10.2. The molecule has 0 bridgehead atoms. The largest absolute Gasteiger partial charge is 0.497 e. The Bertz CT molecular complexity index is 830. The smallest absolute Gasteiger partial charge is 0.253 e. The summed E-state index contributed by atoms with van der Waals surface area (Å²) in [5.74, 6) is 1.46. The zero-order valence-electron chi connectivity index (χ0n) is 16.9. The number of carbonyl (C=O) groups excluding carboxylic acids is 1. The number of aliphatic imine (C=N–C) groups is 1. The topological polar surface area (TPSA) is 84.0 Å². The maximum atomic E-state index is 12.2. The third-order valence-corrected chi connectivity index (χ3v) is 4.72. The number of hydrogen-bond donors (Lipinski definition) is 3. The number of nitrogens with zero attached hydrogens (tertiary/aromatic N) is 1. The van der Waals surface area contributed by atoms with Gasteiger partial charge in [0.25, 0.3) is 5.91 Å². The zero-order chi connectivity index (χ0) is 20.5. The number of nitrogens with one attached hydrogen (secondary N) is 3. The van der Waals surface area contributed by atoms with Crippen LogP contribution >= 0.6 is 0 Å². The number of rotatable bonds is 7. The van der Waals surface area contributed by atoms with E-state index in [0.717, 1.165) is 35.4 Å². The molecule has 0 saturated carbocycles. The van der Waals surface area contributed by atoms with Crippen molar-refractivity contribution in [2.24, 2.45) is 4.99 Å². The predicted molar refractivity (Wildman–Crippen MR) is 114 cm³/mol. The minimum Gasteiger partial charge on any atom is -0.497 e. The summed E-state index contributed by atoms with van der Waals surface area (Å²) in [7, 11) is 3.39. The maximum Gasteiger partial charge on any atom is 0.253 e. The van der Waals surface area contributed by atoms with E-state index in [0.29, 0.717) is 25.7 Å². The molecule has 1 unspecified atom stereocenters. The van der Waals surface area contributed by atoms with Crippen LogP contribution in [-0.4, -0.2) is 38.7 Å². The van der Waals surface area contributed by atoms with Gasteiger partial charge in [0.1, 0.15) is 11.9 Å². The first-order valence-corrected chi connectivity index (χ1v) is 9.77. The van der Waals surface area contributed by atoms with E-state index in [4.69, 9.17) is 9.47 Å². The van der Waals surface area contributed by atoms with Crippen LogP contribution in [0.25, 0.3) is 0 Å². The van der Waals surface area contributed by atoms with E-state index in [1.807, 2.05) is 48.5 Å². The fourth-order valence-electron chi connectivity index (χ4n) is 3.10. The van der Waals surface area contributed by atoms with Gasteiger partial charge in [-0.25, -0.2) is 0 Å². The zero-order valence-corrected chi connectivity index (χ0v) is 16.9. The molecule has 0 spiro atoms. The highest BCUT2D eigenvalue weighted by Gasteiger charge is 2.23. The Labute approximate surface area is 171 Å². The van der Waals surface area contributed by atoms with Crippen LogP contribution in [0.1, 0.15) is 24.0 Å². The van der Waals surface area contributed by atoms with Gasteiger partial charge >= 0.3 is 0 Å². The minimum atomic E-state index is -0.335. The van der Waals surface area contributed by atoms with Gasteiger partial charge in [-0.05, 0) is 48.2 Å². The van der Waals surface area contributed by atoms with E-state index in [1.54, 1.807) is 14.2 Å². The SMILES string of the molecule is CN=C(NCc1ccc(OC)cc1)NCc1cccc(NC(=O)C2CCCO2)c1. The van der Waals surface area contributed by atoms with E-state index < -0.39 is 0 Å². The molecule has 0 aliphatic carbocycles. The van der Waals surface area contributed by atoms with Gasteiger partial charge in [-0.2, -0.15) is 0 Å². The van der Waals surface area contributed by atoms with Gasteiger partial charge in [0.15, 0.2) is 5.96 Å². The van der Waals surface area contributed by atoms with E-state index in [-0.39, 0.29) is 12.0 Å². The van der Waals surface area contributed by atoms with E-state index in [2.05, 4.69) is 20.9 Å². The van der Waals surface area contributed by atoms with Crippen LogP contribution in [0.3, 0.4) is 0 Å². The van der Waals surface area contributed by atoms with Gasteiger partial charge in [0.2, 0.25) is 0 Å². The summed E-state index contributed by atoms with van der Waals surface area (Å²) in [5, 5.41) is 9.51. The lowest BCUT2D eigenvalue weighted by molar-refractivity contribution is -0.124. The van der Waals surface area contributed by atoms with E-state index in [1.165, 1.54) is 0 Å². The van der Waals surface area contributed by atoms with Crippen molar-refractivity contribution in [3.8, 4) is 5.75 Å². The fourth-order valence-corrected chi connectivity index (χ4v) is 3.10. The first kappa shape index (κ1) is 20.7. The Morgan fingerprint density at radius 3 is 2.55 bits per heavy atom. The molecule has 2 aromatic rings. The second kappa shape index (κ2) is 10.5. The highest BCUT2D eigenvalue weighted by molar-refractivity contribution is 5.94. The second-order valence-corrected chi connectivity index (χ2v) is 6.82. The average Bonchev–Trinajstić information content (AvgIpc) is 3.30. The fraction of sp³-hybridized carbons (Fsp3) is 0.364. The molecule has 2 aromatic carbocycles. The summed E-state index contributed by atoms with van der Waals surface area (Å²) < 4.78 is 10.6. The molecule has 1 fully saturated rings. The third kappa shape index (κ3) is 6.22. The number of benzene rings is 2. The van der Waals surface area contributed by atoms with Crippen LogP contribution in [0.2, 0.25) is 0 Å². The molecule has 154 valence electrons. The summed E-state index contributed by atoms with van der Waals surface area (Å²) in [6.45, 7) is 1.90. The van der Waals surface area contributed by atoms with Crippen molar-refractivity contribution in [2.45, 2.75) is 32.0 Å². The van der Waals surface area contributed by atoms with Gasteiger partial charge in [0, 0.05) is 32.4 Å². The van der Waals surface area contributed by atoms with Crippen LogP contribution in [-0.2, 0) is 22.6 Å². The summed E-state index contributed by atoms with van der Waals surface area (Å²) >= 11 is 0. The number of guanidine groups is 1. The number of ether oxygens (including phenoxy) is 2. The monoisotopic (exact) mass is 396 g/mol. The number of hydrogen-bond acceptors (Lipinski definition) is 4. The molecular weight excluding hydrogens is 368 g/mol. The molecule has 7 heteroatoms. The molecule has 29 heavy (non-hydrogen) atoms. The molecule has 7 nitrogen and oxygen atoms in total. The van der Waals surface area contributed by atoms with Crippen molar-refractivity contribution in [3.63, 3.8) is 0 Å². The summed E-state index contributed by atoms with van der Waals surface area (Å²) in [6.07, 6.45) is 1.38. The molecule has 0 aromatic heterocycles. The minimum absolute atomic E-state index is 0.0791. The third-order valence-electron chi connectivity index (χ3n) is 4.72. The van der Waals surface area contributed by atoms with Crippen LogP contribution in [0.4, 0.5) is 5.69 Å². The van der Waals surface area contributed by atoms with Crippen molar-refractivity contribution in [1.29, 1.82) is 0 Å². The van der Waals surface area contributed by atoms with Crippen LogP contribution < -0.4 is 20.7 Å². The predicted octanol–water partition coefficient (Wildman–Crippen LogP) is 2.68. The molecule has 0 radical (unpaired) electrons. The Morgan fingerprint density at radius 1 is 1.14 bits per heavy atom. The van der Waals surface area contributed by atoms with Crippen molar-refractivity contribution in [3.05, 3.63) is 59.7 Å². The Kier molecular flexibility index (Phi) is 7.47. The summed E-state index contributed by atoms with van der Waals surface area (Å²) in [6, 6.07) is 15.7. The standard InChI is InChI=1S/C22H28N4O3/c1-23-22(24-14-16-8-10-19(28-2)11-9-16)25-15-17-5-3-6-18(13-17)26-21(27)20-7-4-12-29-20/h3,5-6,8-11,13,20H,4,7,12,14-15H2,1-2H3,(H,26,27)(H2,23,24,25). The molecule has 1 aliphatic rings. The normalized spacial score (nSPS) is 16.3. The Hall–Kier alpha value is -3.06.